The van der Waals surface area contributed by atoms with Crippen LogP contribution in [0.2, 0.25) is 0 Å². The standard InChI is InChI=1S/C10H20INO2/c1-10(2,3)14-9(13)12(4)8-6-5-7-11/h5-8H2,1-4H3. The Balaban J connectivity index is 3.77. The maximum Gasteiger partial charge on any atom is 0.410 e. The number of ether oxygens (including phenoxy) is 1. The van der Waals surface area contributed by atoms with Crippen LogP contribution in [-0.4, -0.2) is 34.6 Å². The van der Waals surface area contributed by atoms with Crippen LogP contribution < -0.4 is 0 Å². The van der Waals surface area contributed by atoms with E-state index < -0.39 is 5.60 Å². The van der Waals surface area contributed by atoms with Crippen LogP contribution in [0, 0.1) is 0 Å². The molecule has 0 aliphatic heterocycles. The van der Waals surface area contributed by atoms with Gasteiger partial charge >= 0.3 is 6.09 Å². The zero-order valence-electron chi connectivity index (χ0n) is 9.47. The lowest BCUT2D eigenvalue weighted by Crippen LogP contribution is -2.34. The van der Waals surface area contributed by atoms with E-state index in [4.69, 9.17) is 4.74 Å². The van der Waals surface area contributed by atoms with Gasteiger partial charge in [0, 0.05) is 13.6 Å². The largest absolute Gasteiger partial charge is 0.444 e. The average Bonchev–Trinajstić information content (AvgIpc) is 2.01. The van der Waals surface area contributed by atoms with Gasteiger partial charge in [-0.25, -0.2) is 4.79 Å². The van der Waals surface area contributed by atoms with Crippen molar-refractivity contribution in [1.29, 1.82) is 0 Å². The molecule has 0 saturated carbocycles. The first kappa shape index (κ1) is 14.0. The summed E-state index contributed by atoms with van der Waals surface area (Å²) in [6.45, 7) is 6.41. The second-order valence-corrected chi connectivity index (χ2v) is 5.38. The van der Waals surface area contributed by atoms with Crippen molar-refractivity contribution in [2.24, 2.45) is 0 Å². The highest BCUT2D eigenvalue weighted by Gasteiger charge is 2.18. The monoisotopic (exact) mass is 313 g/mol. The maximum atomic E-state index is 11.5. The van der Waals surface area contributed by atoms with Crippen LogP contribution in [0.5, 0.6) is 0 Å². The summed E-state index contributed by atoms with van der Waals surface area (Å²) in [5.74, 6) is 0. The molecule has 4 heteroatoms. The number of carbonyl (C=O) groups is 1. The lowest BCUT2D eigenvalue weighted by molar-refractivity contribution is 0.0297. The van der Waals surface area contributed by atoms with Crippen molar-refractivity contribution in [2.45, 2.75) is 39.2 Å². The van der Waals surface area contributed by atoms with E-state index in [0.717, 1.165) is 23.8 Å². The Labute approximate surface area is 100 Å². The summed E-state index contributed by atoms with van der Waals surface area (Å²) < 4.78 is 6.35. The van der Waals surface area contributed by atoms with E-state index in [1.807, 2.05) is 20.8 Å². The van der Waals surface area contributed by atoms with Crippen molar-refractivity contribution in [3.8, 4) is 0 Å². The number of carbonyl (C=O) groups excluding carboxylic acids is 1. The van der Waals surface area contributed by atoms with Crippen LogP contribution in [0.3, 0.4) is 0 Å². The molecule has 1 amide bonds. The lowest BCUT2D eigenvalue weighted by atomic mass is 10.2. The van der Waals surface area contributed by atoms with Gasteiger partial charge in [-0.15, -0.1) is 0 Å². The van der Waals surface area contributed by atoms with Gasteiger partial charge in [0.25, 0.3) is 0 Å². The third-order valence-corrected chi connectivity index (χ3v) is 2.35. The topological polar surface area (TPSA) is 29.5 Å². The molecule has 0 bridgehead atoms. The maximum absolute atomic E-state index is 11.5. The number of alkyl halides is 1. The molecule has 0 rings (SSSR count). The number of nitrogens with zero attached hydrogens (tertiary/aromatic N) is 1. The lowest BCUT2D eigenvalue weighted by Gasteiger charge is -2.24. The zero-order valence-corrected chi connectivity index (χ0v) is 11.6. The molecule has 0 aromatic heterocycles. The number of hydrogen-bond donors (Lipinski definition) is 0. The first-order valence-electron chi connectivity index (χ1n) is 4.87. The van der Waals surface area contributed by atoms with Crippen LogP contribution in [0.15, 0.2) is 0 Å². The Morgan fingerprint density at radius 2 is 1.93 bits per heavy atom. The van der Waals surface area contributed by atoms with Gasteiger partial charge in [0.05, 0.1) is 0 Å². The van der Waals surface area contributed by atoms with Gasteiger partial charge in [0.2, 0.25) is 0 Å². The Morgan fingerprint density at radius 3 is 2.36 bits per heavy atom. The summed E-state index contributed by atoms with van der Waals surface area (Å²) >= 11 is 2.34. The van der Waals surface area contributed by atoms with Gasteiger partial charge < -0.3 is 9.64 Å². The molecule has 0 aliphatic carbocycles. The number of unbranched alkanes of at least 4 members (excludes halogenated alkanes) is 1. The molecule has 0 aliphatic rings. The van der Waals surface area contributed by atoms with E-state index in [2.05, 4.69) is 22.6 Å². The highest BCUT2D eigenvalue weighted by Crippen LogP contribution is 2.09. The number of rotatable bonds is 4. The number of halogens is 1. The molecule has 3 nitrogen and oxygen atoms in total. The molecule has 0 atom stereocenters. The van der Waals surface area contributed by atoms with E-state index in [0.29, 0.717) is 0 Å². The molecule has 14 heavy (non-hydrogen) atoms. The second kappa shape index (κ2) is 6.48. The van der Waals surface area contributed by atoms with Crippen molar-refractivity contribution >= 4 is 28.7 Å². The molecule has 84 valence electrons. The predicted molar refractivity (Wildman–Crippen MR) is 67.0 cm³/mol. The van der Waals surface area contributed by atoms with Crippen LogP contribution >= 0.6 is 22.6 Å². The quantitative estimate of drug-likeness (QED) is 0.453. The summed E-state index contributed by atoms with van der Waals surface area (Å²) in [5.41, 5.74) is -0.394. The van der Waals surface area contributed by atoms with Gasteiger partial charge in [-0.05, 0) is 38.0 Å². The smallest absolute Gasteiger partial charge is 0.410 e. The van der Waals surface area contributed by atoms with Gasteiger partial charge in [-0.2, -0.15) is 0 Å². The Hall–Kier alpha value is 0. The van der Waals surface area contributed by atoms with E-state index in [-0.39, 0.29) is 6.09 Å². The molecular formula is C10H20INO2. The molecule has 0 fully saturated rings. The zero-order chi connectivity index (χ0) is 11.2. The fourth-order valence-corrected chi connectivity index (χ4v) is 1.41. The summed E-state index contributed by atoms with van der Waals surface area (Å²) in [5, 5.41) is 0. The van der Waals surface area contributed by atoms with E-state index in [1.165, 1.54) is 0 Å². The van der Waals surface area contributed by atoms with Gasteiger partial charge in [-0.3, -0.25) is 0 Å². The normalized spacial score (nSPS) is 11.2. The molecular weight excluding hydrogens is 293 g/mol. The fourth-order valence-electron chi connectivity index (χ4n) is 0.875. The Morgan fingerprint density at radius 1 is 1.36 bits per heavy atom. The highest BCUT2D eigenvalue weighted by molar-refractivity contribution is 14.1. The van der Waals surface area contributed by atoms with E-state index in [9.17, 15) is 4.79 Å². The first-order chi connectivity index (χ1) is 6.37. The fraction of sp³-hybridized carbons (Fsp3) is 0.900. The third-order valence-electron chi connectivity index (χ3n) is 1.58. The van der Waals surface area contributed by atoms with Gasteiger partial charge in [-0.1, -0.05) is 22.6 Å². The minimum Gasteiger partial charge on any atom is -0.444 e. The molecule has 0 N–H and O–H groups in total. The van der Waals surface area contributed by atoms with E-state index in [1.54, 1.807) is 11.9 Å². The van der Waals surface area contributed by atoms with Crippen molar-refractivity contribution in [1.82, 2.24) is 4.90 Å². The minimum absolute atomic E-state index is 0.231. The summed E-state index contributed by atoms with van der Waals surface area (Å²) in [4.78, 5) is 13.1. The van der Waals surface area contributed by atoms with Gasteiger partial charge in [0.15, 0.2) is 0 Å². The van der Waals surface area contributed by atoms with Crippen LogP contribution in [-0.2, 0) is 4.74 Å². The number of amides is 1. The highest BCUT2D eigenvalue weighted by atomic mass is 127. The molecule has 0 heterocycles. The van der Waals surface area contributed by atoms with Crippen molar-refractivity contribution in [3.63, 3.8) is 0 Å². The minimum atomic E-state index is -0.394. The molecule has 0 spiro atoms. The SMILES string of the molecule is CN(CCCCI)C(=O)OC(C)(C)C. The van der Waals surface area contributed by atoms with Crippen LogP contribution in [0.4, 0.5) is 4.79 Å². The Kier molecular flexibility index (Phi) is 6.48. The molecule has 0 saturated heterocycles. The molecule has 0 unspecified atom stereocenters. The summed E-state index contributed by atoms with van der Waals surface area (Å²) in [7, 11) is 1.78. The Bertz CT molecular complexity index is 177. The first-order valence-corrected chi connectivity index (χ1v) is 6.39. The molecule has 0 aromatic rings. The summed E-state index contributed by atoms with van der Waals surface area (Å²) in [6.07, 6.45) is 1.96. The summed E-state index contributed by atoms with van der Waals surface area (Å²) in [6, 6.07) is 0. The van der Waals surface area contributed by atoms with Crippen LogP contribution in [0.1, 0.15) is 33.6 Å². The third kappa shape index (κ3) is 7.41. The molecule has 0 radical (unpaired) electrons. The van der Waals surface area contributed by atoms with Crippen LogP contribution in [0.25, 0.3) is 0 Å². The van der Waals surface area contributed by atoms with Crippen molar-refractivity contribution in [2.75, 3.05) is 18.0 Å². The molecule has 0 aromatic carbocycles. The second-order valence-electron chi connectivity index (χ2n) is 4.30. The van der Waals surface area contributed by atoms with Crippen molar-refractivity contribution in [3.05, 3.63) is 0 Å². The number of hydrogen-bond acceptors (Lipinski definition) is 2. The predicted octanol–water partition coefficient (Wildman–Crippen LogP) is 3.07. The average molecular weight is 313 g/mol. The van der Waals surface area contributed by atoms with Crippen molar-refractivity contribution < 1.29 is 9.53 Å². The van der Waals surface area contributed by atoms with E-state index >= 15 is 0 Å². The van der Waals surface area contributed by atoms with Gasteiger partial charge in [0.1, 0.15) is 5.60 Å².